The molecule has 5 aromatic rings. The van der Waals surface area contributed by atoms with E-state index in [0.29, 0.717) is 41.9 Å². The van der Waals surface area contributed by atoms with Crippen molar-refractivity contribution >= 4 is 45.2 Å². The zero-order chi connectivity index (χ0) is 25.9. The van der Waals surface area contributed by atoms with E-state index in [1.54, 1.807) is 29.0 Å². The molecule has 188 valence electrons. The van der Waals surface area contributed by atoms with Crippen molar-refractivity contribution in [3.63, 3.8) is 0 Å². The van der Waals surface area contributed by atoms with Crippen LogP contribution in [-0.2, 0) is 29.0 Å². The van der Waals surface area contributed by atoms with Gasteiger partial charge in [-0.25, -0.2) is 9.78 Å². The molecule has 37 heavy (non-hydrogen) atoms. The number of pyridine rings is 1. The Morgan fingerprint density at radius 3 is 2.73 bits per heavy atom. The zero-order valence-corrected chi connectivity index (χ0v) is 20.5. The maximum Gasteiger partial charge on any atom is 0.356 e. The summed E-state index contributed by atoms with van der Waals surface area (Å²) in [4.78, 5) is 33.0. The van der Waals surface area contributed by atoms with Crippen LogP contribution in [0.1, 0.15) is 28.5 Å². The highest BCUT2D eigenvalue weighted by Crippen LogP contribution is 2.33. The molecule has 0 atom stereocenters. The van der Waals surface area contributed by atoms with Crippen molar-refractivity contribution in [1.82, 2.24) is 14.5 Å². The second kappa shape index (κ2) is 10.1. The number of benzene rings is 2. The molecule has 9 nitrogen and oxygen atoms in total. The fourth-order valence-electron chi connectivity index (χ4n) is 4.59. The molecule has 3 aromatic heterocycles. The van der Waals surface area contributed by atoms with Gasteiger partial charge in [0.05, 0.1) is 24.7 Å². The number of anilines is 2. The third-order valence-electron chi connectivity index (χ3n) is 6.27. The number of nitrogens with zero attached hydrogens (tertiary/aromatic N) is 2. The number of carbonyl (C=O) groups is 2. The van der Waals surface area contributed by atoms with Crippen molar-refractivity contribution < 1.29 is 19.4 Å². The van der Waals surface area contributed by atoms with Crippen LogP contribution in [0.5, 0.6) is 5.75 Å². The summed E-state index contributed by atoms with van der Waals surface area (Å²) >= 11 is 0. The molecule has 4 N–H and O–H groups in total. The average molecular weight is 498 g/mol. The number of nitrogens with one attached hydrogen (secondary N) is 3. The number of hydrogen-bond acceptors (Lipinski definition) is 6. The summed E-state index contributed by atoms with van der Waals surface area (Å²) < 4.78 is 6.90. The van der Waals surface area contributed by atoms with E-state index >= 15 is 0 Å². The van der Waals surface area contributed by atoms with Crippen LogP contribution < -0.4 is 10.6 Å². The van der Waals surface area contributed by atoms with Crippen molar-refractivity contribution in [2.45, 2.75) is 26.4 Å². The van der Waals surface area contributed by atoms with E-state index in [2.05, 4.69) is 26.7 Å². The Morgan fingerprint density at radius 2 is 1.95 bits per heavy atom. The monoisotopic (exact) mass is 497 g/mol. The van der Waals surface area contributed by atoms with Crippen LogP contribution in [0.3, 0.4) is 0 Å². The highest BCUT2D eigenvalue weighted by Gasteiger charge is 2.25. The van der Waals surface area contributed by atoms with Gasteiger partial charge in [-0.1, -0.05) is 30.3 Å². The third kappa shape index (κ3) is 4.84. The third-order valence-corrected chi connectivity index (χ3v) is 6.27. The topological polar surface area (TPSA) is 121 Å². The normalized spacial score (nSPS) is 11.1. The number of phenols is 1. The van der Waals surface area contributed by atoms with Gasteiger partial charge in [0.15, 0.2) is 5.69 Å². The molecule has 0 bridgehead atoms. The molecule has 0 unspecified atom stereocenters. The van der Waals surface area contributed by atoms with Gasteiger partial charge >= 0.3 is 5.97 Å². The lowest BCUT2D eigenvalue weighted by atomic mass is 10.1. The second-order valence-corrected chi connectivity index (χ2v) is 8.78. The Kier molecular flexibility index (Phi) is 6.51. The Labute approximate surface area is 213 Å². The van der Waals surface area contributed by atoms with E-state index in [4.69, 9.17) is 4.74 Å². The highest BCUT2D eigenvalue weighted by molar-refractivity contribution is 6.11. The first-order valence-corrected chi connectivity index (χ1v) is 11.9. The first kappa shape index (κ1) is 23.9. The number of aromatic amines is 1. The minimum Gasteiger partial charge on any atom is -0.508 e. The average Bonchev–Trinajstić information content (AvgIpc) is 3.44. The number of amides is 1. The standard InChI is InChI=1S/C28H27N5O4/c1-17(34)32-25-23-13-20(29-14-18-6-5-7-21(35)12-18)16-31-27(23)33(26(25)28(36)37-2)11-10-19-15-30-24-9-4-3-8-22(19)24/h3-9,12-13,15-16,29-30,35H,10-11,14H2,1-2H3,(H,32,34). The fraction of sp³-hybridized carbons (Fsp3) is 0.179. The molecule has 1 amide bonds. The van der Waals surface area contributed by atoms with Crippen molar-refractivity contribution in [1.29, 1.82) is 0 Å². The fourth-order valence-corrected chi connectivity index (χ4v) is 4.59. The number of ether oxygens (including phenoxy) is 1. The number of carbonyl (C=O) groups excluding carboxylic acids is 2. The van der Waals surface area contributed by atoms with E-state index in [1.165, 1.54) is 14.0 Å². The largest absolute Gasteiger partial charge is 0.508 e. The Morgan fingerprint density at radius 1 is 1.11 bits per heavy atom. The van der Waals surface area contributed by atoms with Crippen molar-refractivity contribution in [2.24, 2.45) is 0 Å². The van der Waals surface area contributed by atoms with Gasteiger partial charge < -0.3 is 30.0 Å². The van der Waals surface area contributed by atoms with Gasteiger partial charge in [0.25, 0.3) is 0 Å². The minimum absolute atomic E-state index is 0.191. The van der Waals surface area contributed by atoms with Crippen LogP contribution in [0, 0.1) is 0 Å². The second-order valence-electron chi connectivity index (χ2n) is 8.78. The van der Waals surface area contributed by atoms with Crippen LogP contribution >= 0.6 is 0 Å². The smallest absolute Gasteiger partial charge is 0.356 e. The highest BCUT2D eigenvalue weighted by atomic mass is 16.5. The van der Waals surface area contributed by atoms with Crippen LogP contribution in [0.25, 0.3) is 21.9 Å². The van der Waals surface area contributed by atoms with Crippen LogP contribution in [0.4, 0.5) is 11.4 Å². The maximum absolute atomic E-state index is 12.9. The van der Waals surface area contributed by atoms with Gasteiger partial charge in [-0.2, -0.15) is 0 Å². The first-order chi connectivity index (χ1) is 17.9. The zero-order valence-electron chi connectivity index (χ0n) is 20.5. The molecule has 3 heterocycles. The number of fused-ring (bicyclic) bond motifs is 2. The predicted octanol–water partition coefficient (Wildman–Crippen LogP) is 4.82. The number of esters is 1. The predicted molar refractivity (Wildman–Crippen MR) is 143 cm³/mol. The number of aromatic hydroxyl groups is 1. The molecule has 0 saturated heterocycles. The first-order valence-electron chi connectivity index (χ1n) is 11.9. The molecule has 0 aliphatic carbocycles. The lowest BCUT2D eigenvalue weighted by Gasteiger charge is -2.10. The van der Waals surface area contributed by atoms with Gasteiger partial charge in [0, 0.05) is 42.5 Å². The van der Waals surface area contributed by atoms with Crippen LogP contribution in [0.15, 0.2) is 67.0 Å². The number of H-pyrrole nitrogens is 1. The molecule has 0 radical (unpaired) electrons. The number of aromatic nitrogens is 3. The summed E-state index contributed by atoms with van der Waals surface area (Å²) in [5, 5.41) is 17.6. The molecule has 5 rings (SSSR count). The summed E-state index contributed by atoms with van der Waals surface area (Å²) in [6.07, 6.45) is 4.29. The quantitative estimate of drug-likeness (QED) is 0.228. The number of rotatable bonds is 8. The van der Waals surface area contributed by atoms with Crippen LogP contribution in [-0.4, -0.2) is 38.6 Å². The SMILES string of the molecule is COC(=O)c1c(NC(C)=O)c2cc(NCc3cccc(O)c3)cnc2n1CCc1c[nH]c2ccccc12. The summed E-state index contributed by atoms with van der Waals surface area (Å²) in [5.41, 5.74) is 4.92. The maximum atomic E-state index is 12.9. The van der Waals surface area contributed by atoms with Gasteiger partial charge in [-0.05, 0) is 41.8 Å². The number of aryl methyl sites for hydroxylation is 2. The summed E-state index contributed by atoms with van der Waals surface area (Å²) in [7, 11) is 1.32. The molecule has 0 aliphatic rings. The summed E-state index contributed by atoms with van der Waals surface area (Å²) in [6.45, 7) is 2.31. The minimum atomic E-state index is -0.560. The number of phenolic OH excluding ortho intramolecular Hbond substituents is 1. The Bertz CT molecular complexity index is 1620. The number of methoxy groups -OCH3 is 1. The van der Waals surface area contributed by atoms with Crippen molar-refractivity contribution in [3.05, 3.63) is 83.8 Å². The Hall–Kier alpha value is -4.79. The molecule has 0 fully saturated rings. The molecule has 0 aliphatic heterocycles. The molecule has 2 aromatic carbocycles. The summed E-state index contributed by atoms with van der Waals surface area (Å²) in [6, 6.07) is 16.9. The number of para-hydroxylation sites is 1. The molecule has 0 spiro atoms. The van der Waals surface area contributed by atoms with E-state index in [9.17, 15) is 14.7 Å². The molecular weight excluding hydrogens is 470 g/mol. The van der Waals surface area contributed by atoms with Crippen molar-refractivity contribution in [2.75, 3.05) is 17.7 Å². The lowest BCUT2D eigenvalue weighted by Crippen LogP contribution is -2.16. The van der Waals surface area contributed by atoms with Gasteiger partial charge in [-0.3, -0.25) is 4.79 Å². The molecule has 0 saturated carbocycles. The van der Waals surface area contributed by atoms with Crippen LogP contribution in [0.2, 0.25) is 0 Å². The van der Waals surface area contributed by atoms with E-state index in [1.807, 2.05) is 36.5 Å². The van der Waals surface area contributed by atoms with Gasteiger partial charge in [0.2, 0.25) is 5.91 Å². The lowest BCUT2D eigenvalue weighted by molar-refractivity contribution is -0.114. The van der Waals surface area contributed by atoms with E-state index < -0.39 is 5.97 Å². The summed E-state index contributed by atoms with van der Waals surface area (Å²) in [5.74, 6) is -0.676. The van der Waals surface area contributed by atoms with E-state index in [-0.39, 0.29) is 17.4 Å². The Balaban J connectivity index is 1.54. The van der Waals surface area contributed by atoms with E-state index in [0.717, 1.165) is 22.0 Å². The van der Waals surface area contributed by atoms with Gasteiger partial charge in [-0.15, -0.1) is 0 Å². The van der Waals surface area contributed by atoms with Gasteiger partial charge in [0.1, 0.15) is 11.4 Å². The molecular formula is C28H27N5O4. The molecule has 9 heteroatoms. The number of hydrogen-bond donors (Lipinski definition) is 4. The van der Waals surface area contributed by atoms with Crippen molar-refractivity contribution in [3.8, 4) is 5.75 Å².